The van der Waals surface area contributed by atoms with Gasteiger partial charge in [0, 0.05) is 12.5 Å². The number of rotatable bonds is 5. The van der Waals surface area contributed by atoms with Gasteiger partial charge in [-0.25, -0.2) is 9.69 Å². The zero-order chi connectivity index (χ0) is 17.1. The van der Waals surface area contributed by atoms with Gasteiger partial charge < -0.3 is 9.53 Å². The van der Waals surface area contributed by atoms with Crippen molar-refractivity contribution >= 4 is 17.8 Å². The van der Waals surface area contributed by atoms with Crippen LogP contribution in [0.2, 0.25) is 0 Å². The summed E-state index contributed by atoms with van der Waals surface area (Å²) in [6.45, 7) is 10.7. The Labute approximate surface area is 132 Å². The molecule has 5 nitrogen and oxygen atoms in total. The highest BCUT2D eigenvalue weighted by atomic mass is 16.6. The molecule has 0 aromatic rings. The van der Waals surface area contributed by atoms with E-state index in [9.17, 15) is 14.4 Å². The molecule has 124 valence electrons. The van der Waals surface area contributed by atoms with E-state index >= 15 is 0 Å². The molecule has 0 unspecified atom stereocenters. The molecule has 1 heterocycles. The molecule has 0 aromatic carbocycles. The fraction of sp³-hybridized carbons (Fsp3) is 0.706. The minimum atomic E-state index is -0.818. The maximum absolute atomic E-state index is 12.4. The topological polar surface area (TPSA) is 63.7 Å². The number of Topliss-reactive ketones (excluding diaryl/α,β-unsaturated/α-hetero) is 1. The summed E-state index contributed by atoms with van der Waals surface area (Å²) in [5.74, 6) is -0.441. The van der Waals surface area contributed by atoms with Gasteiger partial charge in [-0.1, -0.05) is 19.4 Å². The van der Waals surface area contributed by atoms with E-state index < -0.39 is 17.2 Å². The first-order valence-corrected chi connectivity index (χ1v) is 7.77. The summed E-state index contributed by atoms with van der Waals surface area (Å²) in [5, 5.41) is 0. The van der Waals surface area contributed by atoms with Crippen LogP contribution in [0, 0.1) is 5.92 Å². The zero-order valence-electron chi connectivity index (χ0n) is 14.4. The van der Waals surface area contributed by atoms with E-state index in [2.05, 4.69) is 0 Å². The third-order valence-electron chi connectivity index (χ3n) is 3.84. The second-order valence-corrected chi connectivity index (χ2v) is 7.10. The van der Waals surface area contributed by atoms with E-state index in [1.807, 2.05) is 13.8 Å². The molecule has 0 saturated carbocycles. The minimum Gasteiger partial charge on any atom is -0.443 e. The highest BCUT2D eigenvalue weighted by Crippen LogP contribution is 2.37. The first kappa shape index (κ1) is 18.4. The van der Waals surface area contributed by atoms with Crippen LogP contribution in [0.4, 0.5) is 4.79 Å². The van der Waals surface area contributed by atoms with Crippen LogP contribution in [0.25, 0.3) is 0 Å². The van der Waals surface area contributed by atoms with Gasteiger partial charge in [0.25, 0.3) is 5.91 Å². The Balaban J connectivity index is 3.10. The van der Waals surface area contributed by atoms with Crippen molar-refractivity contribution in [3.05, 3.63) is 12.2 Å². The van der Waals surface area contributed by atoms with Gasteiger partial charge in [-0.3, -0.25) is 4.79 Å². The Morgan fingerprint density at radius 2 is 1.95 bits per heavy atom. The first-order valence-electron chi connectivity index (χ1n) is 7.77. The van der Waals surface area contributed by atoms with Crippen molar-refractivity contribution in [3.63, 3.8) is 0 Å². The molecular formula is C17H27NO4. The molecule has 0 spiro atoms. The lowest BCUT2D eigenvalue weighted by Gasteiger charge is -2.40. The number of imide groups is 1. The lowest BCUT2D eigenvalue weighted by Crippen LogP contribution is -2.54. The summed E-state index contributed by atoms with van der Waals surface area (Å²) >= 11 is 0. The van der Waals surface area contributed by atoms with Gasteiger partial charge in [0.1, 0.15) is 11.4 Å². The molecule has 0 aliphatic carbocycles. The Morgan fingerprint density at radius 3 is 2.41 bits per heavy atom. The van der Waals surface area contributed by atoms with Gasteiger partial charge in [-0.05, 0) is 47.0 Å². The predicted octanol–water partition coefficient (Wildman–Crippen LogP) is 3.47. The molecule has 2 amide bonds. The number of amides is 2. The van der Waals surface area contributed by atoms with E-state index in [0.717, 1.165) is 17.7 Å². The van der Waals surface area contributed by atoms with Crippen LogP contribution in [-0.4, -0.2) is 33.8 Å². The van der Waals surface area contributed by atoms with Gasteiger partial charge in [0.2, 0.25) is 0 Å². The van der Waals surface area contributed by atoms with Gasteiger partial charge in [-0.15, -0.1) is 0 Å². The van der Waals surface area contributed by atoms with Gasteiger partial charge in [-0.2, -0.15) is 0 Å². The molecule has 0 fully saturated rings. The van der Waals surface area contributed by atoms with Gasteiger partial charge in [0.15, 0.2) is 0 Å². The normalized spacial score (nSPS) is 22.8. The first-order chi connectivity index (χ1) is 10.0. The molecule has 0 aromatic heterocycles. The van der Waals surface area contributed by atoms with E-state index in [-0.39, 0.29) is 17.6 Å². The van der Waals surface area contributed by atoms with Gasteiger partial charge >= 0.3 is 6.09 Å². The van der Waals surface area contributed by atoms with Crippen molar-refractivity contribution in [3.8, 4) is 0 Å². The van der Waals surface area contributed by atoms with Crippen LogP contribution >= 0.6 is 0 Å². The standard InChI is InChI=1S/C17H27NO4/c1-7-8-13(11-12(2)19)17(6)10-9-14(20)18(17)15(21)22-16(3,4)5/h9-10,13H,7-8,11H2,1-6H3/t13-,17-/m0/s1. The van der Waals surface area contributed by atoms with Crippen LogP contribution < -0.4 is 0 Å². The Morgan fingerprint density at radius 1 is 1.36 bits per heavy atom. The maximum atomic E-state index is 12.4. The lowest BCUT2D eigenvalue weighted by atomic mass is 9.79. The average molecular weight is 309 g/mol. The van der Waals surface area contributed by atoms with Crippen LogP contribution in [-0.2, 0) is 14.3 Å². The van der Waals surface area contributed by atoms with Gasteiger partial charge in [0.05, 0.1) is 5.54 Å². The zero-order valence-corrected chi connectivity index (χ0v) is 14.4. The summed E-state index contributed by atoms with van der Waals surface area (Å²) < 4.78 is 5.36. The summed E-state index contributed by atoms with van der Waals surface area (Å²) in [6.07, 6.45) is 4.43. The monoisotopic (exact) mass is 309 g/mol. The number of hydrogen-bond acceptors (Lipinski definition) is 4. The number of nitrogens with zero attached hydrogens (tertiary/aromatic N) is 1. The van der Waals surface area contributed by atoms with Crippen molar-refractivity contribution in [1.82, 2.24) is 4.90 Å². The molecule has 0 N–H and O–H groups in total. The Kier molecular flexibility index (Phi) is 5.54. The highest BCUT2D eigenvalue weighted by molar-refractivity contribution is 6.02. The average Bonchev–Trinajstić information content (AvgIpc) is 2.63. The molecule has 5 heteroatoms. The summed E-state index contributed by atoms with van der Waals surface area (Å²) in [4.78, 5) is 37.3. The highest BCUT2D eigenvalue weighted by Gasteiger charge is 2.48. The number of carbonyl (C=O) groups excluding carboxylic acids is 3. The van der Waals surface area contributed by atoms with Crippen molar-refractivity contribution in [2.45, 2.75) is 71.9 Å². The molecule has 0 saturated heterocycles. The van der Waals surface area contributed by atoms with E-state index in [1.165, 1.54) is 13.0 Å². The molecule has 0 bridgehead atoms. The fourth-order valence-corrected chi connectivity index (χ4v) is 2.84. The van der Waals surface area contributed by atoms with E-state index in [4.69, 9.17) is 4.74 Å². The van der Waals surface area contributed by atoms with E-state index in [0.29, 0.717) is 6.42 Å². The fourth-order valence-electron chi connectivity index (χ4n) is 2.84. The van der Waals surface area contributed by atoms with Crippen LogP contribution in [0.15, 0.2) is 12.2 Å². The molecule has 2 atom stereocenters. The Bertz CT molecular complexity index is 489. The second kappa shape index (κ2) is 6.63. The lowest BCUT2D eigenvalue weighted by molar-refractivity contribution is -0.130. The van der Waals surface area contributed by atoms with Crippen LogP contribution in [0.5, 0.6) is 0 Å². The molecular weight excluding hydrogens is 282 g/mol. The quantitative estimate of drug-likeness (QED) is 0.780. The molecule has 0 radical (unpaired) electrons. The molecule has 22 heavy (non-hydrogen) atoms. The summed E-state index contributed by atoms with van der Waals surface area (Å²) in [7, 11) is 0. The van der Waals surface area contributed by atoms with E-state index in [1.54, 1.807) is 26.8 Å². The van der Waals surface area contributed by atoms with Crippen LogP contribution in [0.1, 0.15) is 60.8 Å². The summed E-state index contributed by atoms with van der Waals surface area (Å²) in [6, 6.07) is 0. The largest absolute Gasteiger partial charge is 0.443 e. The third kappa shape index (κ3) is 4.18. The second-order valence-electron chi connectivity index (χ2n) is 7.10. The number of ether oxygens (including phenoxy) is 1. The number of ketones is 1. The Hall–Kier alpha value is -1.65. The number of hydrogen-bond donors (Lipinski definition) is 0. The molecule has 1 aliphatic heterocycles. The minimum absolute atomic E-state index is 0.0524. The predicted molar refractivity (Wildman–Crippen MR) is 84.3 cm³/mol. The molecule has 1 aliphatic rings. The van der Waals surface area contributed by atoms with Crippen molar-refractivity contribution in [2.24, 2.45) is 5.92 Å². The van der Waals surface area contributed by atoms with Crippen molar-refractivity contribution in [2.75, 3.05) is 0 Å². The third-order valence-corrected chi connectivity index (χ3v) is 3.84. The molecule has 1 rings (SSSR count). The maximum Gasteiger partial charge on any atom is 0.418 e. The SMILES string of the molecule is CCC[C@@H](CC(C)=O)[C@]1(C)C=CC(=O)N1C(=O)OC(C)(C)C. The number of carbonyl (C=O) groups is 3. The summed E-state index contributed by atoms with van der Waals surface area (Å²) in [5.41, 5.74) is -1.50. The van der Waals surface area contributed by atoms with Crippen molar-refractivity contribution < 1.29 is 19.1 Å². The van der Waals surface area contributed by atoms with Crippen LogP contribution in [0.3, 0.4) is 0 Å². The van der Waals surface area contributed by atoms with Crippen molar-refractivity contribution in [1.29, 1.82) is 0 Å². The smallest absolute Gasteiger partial charge is 0.418 e.